The molecule has 5 nitrogen and oxygen atoms in total. The number of hydrazone groups is 1. The van der Waals surface area contributed by atoms with Crippen LogP contribution in [0.25, 0.3) is 0 Å². The molecule has 0 radical (unpaired) electrons. The van der Waals surface area contributed by atoms with Gasteiger partial charge in [0, 0.05) is 10.0 Å². The second kappa shape index (κ2) is 11.3. The van der Waals surface area contributed by atoms with Crippen molar-refractivity contribution in [2.24, 2.45) is 5.10 Å². The van der Waals surface area contributed by atoms with Crippen molar-refractivity contribution < 1.29 is 18.7 Å². The maximum Gasteiger partial charge on any atom is 0.244 e. The van der Waals surface area contributed by atoms with E-state index in [1.54, 1.807) is 30.5 Å². The zero-order valence-electron chi connectivity index (χ0n) is 17.0. The lowest BCUT2D eigenvalue weighted by molar-refractivity contribution is -0.120. The molecule has 7 heteroatoms. The summed E-state index contributed by atoms with van der Waals surface area (Å²) in [4.78, 5) is 12.0. The molecule has 0 aromatic heterocycles. The van der Waals surface area contributed by atoms with E-state index in [0.29, 0.717) is 18.1 Å². The van der Waals surface area contributed by atoms with E-state index >= 15 is 0 Å². The number of nitrogens with one attached hydrogen (secondary N) is 1. The minimum absolute atomic E-state index is 0.206. The molecule has 0 saturated heterocycles. The summed E-state index contributed by atoms with van der Waals surface area (Å²) in [5.41, 5.74) is 5.01. The highest BCUT2D eigenvalue weighted by Gasteiger charge is 2.11. The number of hydrogen-bond acceptors (Lipinski definition) is 4. The molecule has 0 aliphatic rings. The highest BCUT2D eigenvalue weighted by Crippen LogP contribution is 2.33. The van der Waals surface area contributed by atoms with E-state index in [1.807, 2.05) is 37.3 Å². The fraction of sp³-hybridized carbons (Fsp3) is 0.167. The van der Waals surface area contributed by atoms with Crippen LogP contribution in [0.4, 0.5) is 4.39 Å². The summed E-state index contributed by atoms with van der Waals surface area (Å²) in [6.07, 6.45) is 1.79. The van der Waals surface area contributed by atoms with E-state index < -0.39 is 0 Å². The number of nitrogens with zero attached hydrogens (tertiary/aromatic N) is 1. The summed E-state index contributed by atoms with van der Waals surface area (Å²) in [5.74, 6) is 0.594. The molecule has 0 spiro atoms. The molecule has 0 heterocycles. The van der Waals surface area contributed by atoms with Crippen molar-refractivity contribution in [3.63, 3.8) is 0 Å². The predicted octanol–water partition coefficient (Wildman–Crippen LogP) is 5.26. The Kier molecular flexibility index (Phi) is 8.18. The SMILES string of the molecule is CCOc1cc(/C=N/NC(=O)Cc2ccccc2)c(Br)cc1OCc1ccc(F)cc1. The van der Waals surface area contributed by atoms with E-state index in [-0.39, 0.29) is 24.8 Å². The van der Waals surface area contributed by atoms with Crippen LogP contribution in [0.15, 0.2) is 76.3 Å². The van der Waals surface area contributed by atoms with Crippen LogP contribution in [0.3, 0.4) is 0 Å². The Bertz CT molecular complexity index is 1040. The molecule has 0 aliphatic carbocycles. The van der Waals surface area contributed by atoms with Gasteiger partial charge in [-0.25, -0.2) is 9.82 Å². The monoisotopic (exact) mass is 484 g/mol. The predicted molar refractivity (Wildman–Crippen MR) is 122 cm³/mol. The Morgan fingerprint density at radius 2 is 1.74 bits per heavy atom. The Balaban J connectivity index is 1.66. The molecular weight excluding hydrogens is 463 g/mol. The summed E-state index contributed by atoms with van der Waals surface area (Å²) in [5, 5.41) is 4.04. The quantitative estimate of drug-likeness (QED) is 0.332. The van der Waals surface area contributed by atoms with Crippen LogP contribution < -0.4 is 14.9 Å². The Morgan fingerprint density at radius 3 is 2.45 bits per heavy atom. The topological polar surface area (TPSA) is 59.9 Å². The van der Waals surface area contributed by atoms with Gasteiger partial charge in [-0.2, -0.15) is 5.10 Å². The lowest BCUT2D eigenvalue weighted by Gasteiger charge is -2.14. The number of amides is 1. The first-order chi connectivity index (χ1) is 15.0. The molecule has 0 unspecified atom stereocenters. The molecule has 160 valence electrons. The molecule has 0 bridgehead atoms. The van der Waals surface area contributed by atoms with E-state index in [1.165, 1.54) is 12.1 Å². The van der Waals surface area contributed by atoms with Crippen LogP contribution in [0.2, 0.25) is 0 Å². The summed E-state index contributed by atoms with van der Waals surface area (Å²) < 4.78 is 25.4. The van der Waals surface area contributed by atoms with Gasteiger partial charge in [-0.3, -0.25) is 4.79 Å². The molecule has 31 heavy (non-hydrogen) atoms. The van der Waals surface area contributed by atoms with Crippen LogP contribution in [-0.2, 0) is 17.8 Å². The number of carbonyl (C=O) groups is 1. The van der Waals surface area contributed by atoms with Gasteiger partial charge in [0.15, 0.2) is 11.5 Å². The minimum atomic E-state index is -0.291. The maximum atomic E-state index is 13.1. The van der Waals surface area contributed by atoms with Gasteiger partial charge in [-0.05, 0) is 58.2 Å². The van der Waals surface area contributed by atoms with Crippen LogP contribution >= 0.6 is 15.9 Å². The zero-order chi connectivity index (χ0) is 22.1. The third-order valence-corrected chi connectivity index (χ3v) is 4.96. The van der Waals surface area contributed by atoms with Crippen molar-refractivity contribution in [1.82, 2.24) is 5.43 Å². The summed E-state index contributed by atoms with van der Waals surface area (Å²) in [6, 6.07) is 19.1. The number of halogens is 2. The van der Waals surface area contributed by atoms with E-state index in [0.717, 1.165) is 21.2 Å². The first kappa shape index (κ1) is 22.5. The lowest BCUT2D eigenvalue weighted by Crippen LogP contribution is -2.19. The van der Waals surface area contributed by atoms with Gasteiger partial charge < -0.3 is 9.47 Å². The normalized spacial score (nSPS) is 10.8. The summed E-state index contributed by atoms with van der Waals surface area (Å²) in [7, 11) is 0. The van der Waals surface area contributed by atoms with Gasteiger partial charge in [0.25, 0.3) is 0 Å². The molecule has 3 rings (SSSR count). The number of benzene rings is 3. The van der Waals surface area contributed by atoms with Gasteiger partial charge >= 0.3 is 0 Å². The summed E-state index contributed by atoms with van der Waals surface area (Å²) >= 11 is 3.50. The van der Waals surface area contributed by atoms with Gasteiger partial charge in [0.1, 0.15) is 12.4 Å². The Labute approximate surface area is 189 Å². The third kappa shape index (κ3) is 6.93. The van der Waals surface area contributed by atoms with Crippen LogP contribution in [0, 0.1) is 5.82 Å². The number of hydrogen-bond donors (Lipinski definition) is 1. The van der Waals surface area contributed by atoms with Crippen LogP contribution in [-0.4, -0.2) is 18.7 Å². The van der Waals surface area contributed by atoms with Gasteiger partial charge in [-0.1, -0.05) is 42.5 Å². The molecule has 3 aromatic carbocycles. The molecule has 3 aromatic rings. The van der Waals surface area contributed by atoms with Crippen LogP contribution in [0.5, 0.6) is 11.5 Å². The highest BCUT2D eigenvalue weighted by molar-refractivity contribution is 9.10. The van der Waals surface area contributed by atoms with Crippen LogP contribution in [0.1, 0.15) is 23.6 Å². The molecule has 0 atom stereocenters. The maximum absolute atomic E-state index is 13.1. The second-order valence-corrected chi connectivity index (χ2v) is 7.48. The molecule has 0 fully saturated rings. The fourth-order valence-electron chi connectivity index (χ4n) is 2.77. The molecular formula is C24H22BrFN2O3. The van der Waals surface area contributed by atoms with Crippen molar-refractivity contribution in [2.45, 2.75) is 20.0 Å². The van der Waals surface area contributed by atoms with Crippen molar-refractivity contribution >= 4 is 28.1 Å². The number of rotatable bonds is 9. The largest absolute Gasteiger partial charge is 0.490 e. The second-order valence-electron chi connectivity index (χ2n) is 6.62. The van der Waals surface area contributed by atoms with E-state index in [4.69, 9.17) is 9.47 Å². The standard InChI is InChI=1S/C24H22BrFN2O3/c1-2-30-22-13-19(15-27-28-24(29)12-17-6-4-3-5-7-17)21(25)14-23(22)31-16-18-8-10-20(26)11-9-18/h3-11,13-15H,2,12,16H2,1H3,(H,28,29)/b27-15+. The Hall–Kier alpha value is -3.19. The Morgan fingerprint density at radius 1 is 1.03 bits per heavy atom. The van der Waals surface area contributed by atoms with Crippen molar-refractivity contribution in [2.75, 3.05) is 6.61 Å². The minimum Gasteiger partial charge on any atom is -0.490 e. The van der Waals surface area contributed by atoms with Gasteiger partial charge in [0.2, 0.25) is 5.91 Å². The van der Waals surface area contributed by atoms with Crippen molar-refractivity contribution in [3.8, 4) is 11.5 Å². The average Bonchev–Trinajstić information content (AvgIpc) is 2.76. The fourth-order valence-corrected chi connectivity index (χ4v) is 3.19. The van der Waals surface area contributed by atoms with E-state index in [9.17, 15) is 9.18 Å². The first-order valence-corrected chi connectivity index (χ1v) is 10.5. The highest BCUT2D eigenvalue weighted by atomic mass is 79.9. The molecule has 1 amide bonds. The lowest BCUT2D eigenvalue weighted by atomic mass is 10.1. The number of ether oxygens (including phenoxy) is 2. The summed E-state index contributed by atoms with van der Waals surface area (Å²) in [6.45, 7) is 2.61. The van der Waals surface area contributed by atoms with Gasteiger partial charge in [0.05, 0.1) is 19.2 Å². The number of carbonyl (C=O) groups excluding carboxylic acids is 1. The third-order valence-electron chi connectivity index (χ3n) is 4.27. The zero-order valence-corrected chi connectivity index (χ0v) is 18.6. The average molecular weight is 485 g/mol. The molecule has 1 N–H and O–H groups in total. The molecule has 0 saturated carbocycles. The van der Waals surface area contributed by atoms with Crippen molar-refractivity contribution in [3.05, 3.63) is 93.7 Å². The smallest absolute Gasteiger partial charge is 0.244 e. The molecule has 0 aliphatic heterocycles. The first-order valence-electron chi connectivity index (χ1n) is 9.74. The van der Waals surface area contributed by atoms with Crippen molar-refractivity contribution in [1.29, 1.82) is 0 Å². The van der Waals surface area contributed by atoms with Gasteiger partial charge in [-0.15, -0.1) is 0 Å². The van der Waals surface area contributed by atoms with E-state index in [2.05, 4.69) is 26.5 Å².